The summed E-state index contributed by atoms with van der Waals surface area (Å²) in [5.41, 5.74) is -12.0. The van der Waals surface area contributed by atoms with Crippen LogP contribution in [-0.4, -0.2) is 70.1 Å². The Bertz CT molecular complexity index is 1120. The van der Waals surface area contributed by atoms with Gasteiger partial charge in [-0.25, -0.2) is 4.89 Å². The summed E-state index contributed by atoms with van der Waals surface area (Å²) in [6.45, 7) is 13.0. The summed E-state index contributed by atoms with van der Waals surface area (Å²) < 4.78 is 6.36. The molecule has 35 heavy (non-hydrogen) atoms. The van der Waals surface area contributed by atoms with Gasteiger partial charge in [-0.05, 0) is 41.9 Å². The summed E-state index contributed by atoms with van der Waals surface area (Å²) in [6, 6.07) is 3.45. The van der Waals surface area contributed by atoms with Crippen molar-refractivity contribution in [2.24, 2.45) is 28.1 Å². The summed E-state index contributed by atoms with van der Waals surface area (Å²) in [5.74, 6) is -3.30. The quantitative estimate of drug-likeness (QED) is 0.190. The second-order valence-corrected chi connectivity index (χ2v) is 12.7. The van der Waals surface area contributed by atoms with E-state index in [1.165, 1.54) is 0 Å². The van der Waals surface area contributed by atoms with Crippen LogP contribution in [0.3, 0.4) is 0 Å². The molecule has 6 aliphatic rings. The highest BCUT2D eigenvalue weighted by atomic mass is 17.1. The number of H-pyrrole nitrogens is 1. The lowest BCUT2D eigenvalue weighted by atomic mass is 9.50. The van der Waals surface area contributed by atoms with Crippen molar-refractivity contribution in [2.45, 2.75) is 94.3 Å². The van der Waals surface area contributed by atoms with E-state index in [1.807, 2.05) is 20.8 Å². The van der Waals surface area contributed by atoms with Gasteiger partial charge in [-0.3, -0.25) is 5.26 Å². The van der Waals surface area contributed by atoms with E-state index in [4.69, 9.17) is 9.62 Å². The van der Waals surface area contributed by atoms with Crippen molar-refractivity contribution in [1.29, 1.82) is 0 Å². The van der Waals surface area contributed by atoms with E-state index < -0.39 is 62.6 Å². The first-order valence-electron chi connectivity index (χ1n) is 12.5. The van der Waals surface area contributed by atoms with Gasteiger partial charge in [0.1, 0.15) is 29.0 Å². The van der Waals surface area contributed by atoms with E-state index in [9.17, 15) is 30.8 Å². The Hall–Kier alpha value is -1.30. The zero-order valence-electron chi connectivity index (χ0n) is 20.9. The normalized spacial score (nSPS) is 58.9. The van der Waals surface area contributed by atoms with Crippen molar-refractivity contribution in [3.05, 3.63) is 36.2 Å². The lowest BCUT2D eigenvalue weighted by Gasteiger charge is -2.60. The van der Waals surface area contributed by atoms with Crippen molar-refractivity contribution in [1.82, 2.24) is 4.98 Å². The molecule has 1 aromatic rings. The molecule has 1 aromatic heterocycles. The van der Waals surface area contributed by atoms with Crippen LogP contribution in [0.25, 0.3) is 0 Å². The van der Waals surface area contributed by atoms with Crippen molar-refractivity contribution in [2.75, 3.05) is 0 Å². The first-order chi connectivity index (χ1) is 16.1. The smallest absolute Gasteiger partial charge is 0.176 e. The van der Waals surface area contributed by atoms with Gasteiger partial charge in [0.15, 0.2) is 11.4 Å². The molecule has 6 bridgehead atoms. The average molecular weight is 492 g/mol. The van der Waals surface area contributed by atoms with Crippen LogP contribution in [0, 0.1) is 28.1 Å². The van der Waals surface area contributed by atoms with Crippen LogP contribution in [-0.2, 0) is 9.62 Å². The van der Waals surface area contributed by atoms with Gasteiger partial charge in [0, 0.05) is 29.6 Å². The Morgan fingerprint density at radius 1 is 1.17 bits per heavy atom. The second kappa shape index (κ2) is 6.05. The van der Waals surface area contributed by atoms with E-state index in [2.05, 4.69) is 11.6 Å². The minimum atomic E-state index is -2.33. The molecule has 9 heteroatoms. The molecule has 6 fully saturated rings. The fourth-order valence-corrected chi connectivity index (χ4v) is 10.4. The predicted octanol–water partition coefficient (Wildman–Crippen LogP) is 1.63. The number of aliphatic hydroxyl groups excluding tert-OH is 1. The number of hydrogen-bond donors (Lipinski definition) is 7. The van der Waals surface area contributed by atoms with Crippen LogP contribution in [0.15, 0.2) is 30.5 Å². The van der Waals surface area contributed by atoms with Crippen molar-refractivity contribution in [3.8, 4) is 0 Å². The molecule has 2 aliphatic heterocycles. The first-order valence-corrected chi connectivity index (χ1v) is 12.5. The zero-order valence-corrected chi connectivity index (χ0v) is 20.9. The Balaban J connectivity index is 1.78. The van der Waals surface area contributed by atoms with Crippen LogP contribution in [0.2, 0.25) is 0 Å². The number of nitrogens with one attached hydrogen (secondary N) is 1. The van der Waals surface area contributed by atoms with Gasteiger partial charge < -0.3 is 35.3 Å². The minimum Gasteiger partial charge on any atom is -0.386 e. The van der Waals surface area contributed by atoms with Crippen LogP contribution >= 0.6 is 0 Å². The van der Waals surface area contributed by atoms with Crippen LogP contribution in [0.5, 0.6) is 0 Å². The topological polar surface area (TPSA) is 156 Å². The highest BCUT2D eigenvalue weighted by Gasteiger charge is 3.08. The molecular formula is C26H37NO8. The van der Waals surface area contributed by atoms with Crippen molar-refractivity contribution in [3.63, 3.8) is 0 Å². The van der Waals surface area contributed by atoms with Gasteiger partial charge in [-0.2, -0.15) is 0 Å². The molecule has 0 aromatic carbocycles. The summed E-state index contributed by atoms with van der Waals surface area (Å²) >= 11 is 0. The lowest BCUT2D eigenvalue weighted by molar-refractivity contribution is -0.381. The zero-order chi connectivity index (χ0) is 25.8. The average Bonchev–Trinajstić information content (AvgIpc) is 3.40. The molecule has 0 amide bonds. The fraction of sp³-hybridized carbons (Fsp3) is 0.769. The van der Waals surface area contributed by atoms with Gasteiger partial charge in [0.2, 0.25) is 0 Å². The summed E-state index contributed by atoms with van der Waals surface area (Å²) in [7, 11) is 0. The summed E-state index contributed by atoms with van der Waals surface area (Å²) in [5, 5.41) is 72.8. The molecule has 2 saturated heterocycles. The number of ether oxygens (including phenoxy) is 1. The van der Waals surface area contributed by atoms with Crippen molar-refractivity contribution >= 4 is 0 Å². The molecule has 0 unspecified atom stereocenters. The molecule has 3 heterocycles. The Labute approximate surface area is 204 Å². The molecule has 1 spiro atoms. The minimum absolute atomic E-state index is 0.0778. The molecular weight excluding hydrogens is 454 g/mol. The fourth-order valence-electron chi connectivity index (χ4n) is 10.4. The largest absolute Gasteiger partial charge is 0.386 e. The third-order valence-corrected chi connectivity index (χ3v) is 12.2. The maximum Gasteiger partial charge on any atom is 0.176 e. The third kappa shape index (κ3) is 1.72. The predicted molar refractivity (Wildman–Crippen MR) is 123 cm³/mol. The number of aromatic nitrogens is 1. The Morgan fingerprint density at radius 3 is 2.37 bits per heavy atom. The van der Waals surface area contributed by atoms with Crippen LogP contribution in [0.1, 0.15) is 65.7 Å². The summed E-state index contributed by atoms with van der Waals surface area (Å²) in [4.78, 5) is 8.13. The monoisotopic (exact) mass is 491 g/mol. The van der Waals surface area contributed by atoms with E-state index in [-0.39, 0.29) is 25.2 Å². The van der Waals surface area contributed by atoms with Crippen molar-refractivity contribution < 1.29 is 40.4 Å². The number of rotatable bonds is 4. The molecule has 194 valence electrons. The second-order valence-electron chi connectivity index (χ2n) is 12.7. The lowest BCUT2D eigenvalue weighted by Crippen LogP contribution is -2.73. The van der Waals surface area contributed by atoms with Gasteiger partial charge in [-0.1, -0.05) is 41.2 Å². The molecule has 11 atom stereocenters. The maximum atomic E-state index is 13.1. The molecule has 7 rings (SSSR count). The number of hydrogen-bond acceptors (Lipinski definition) is 8. The highest BCUT2D eigenvalue weighted by Crippen LogP contribution is 2.93. The maximum absolute atomic E-state index is 13.1. The third-order valence-electron chi connectivity index (χ3n) is 12.2. The molecule has 4 aliphatic carbocycles. The molecule has 0 radical (unpaired) electrons. The standard InChI is InChI=1S/C26H37NO8/c1-13(2)20(5)17(16(34-33)15-8-7-11-27-15)24(31)19(4)12-23(30)21(20,6)26(24,32)25(35-23)18(28)14(3)9-10-22(19,25)29/h7-8,11,13,16-18,27-33H,3,9-10,12H2,1-2,4-6H3/t16-,17-,18-,19+,20+,21-,22+,23-,24-,25-,26-/m1/s1. The van der Waals surface area contributed by atoms with E-state index in [0.717, 1.165) is 0 Å². The molecule has 4 saturated carbocycles. The van der Waals surface area contributed by atoms with E-state index >= 15 is 0 Å². The Kier molecular flexibility index (Phi) is 4.16. The first kappa shape index (κ1) is 24.1. The van der Waals surface area contributed by atoms with E-state index in [0.29, 0.717) is 11.3 Å². The van der Waals surface area contributed by atoms with Crippen LogP contribution < -0.4 is 0 Å². The molecule has 9 nitrogen and oxygen atoms in total. The van der Waals surface area contributed by atoms with Crippen LogP contribution in [0.4, 0.5) is 0 Å². The number of aromatic amines is 1. The van der Waals surface area contributed by atoms with Gasteiger partial charge in [0.25, 0.3) is 0 Å². The van der Waals surface area contributed by atoms with Gasteiger partial charge in [-0.15, -0.1) is 0 Å². The van der Waals surface area contributed by atoms with Gasteiger partial charge in [0.05, 0.1) is 5.41 Å². The summed E-state index contributed by atoms with van der Waals surface area (Å²) in [6.07, 6.45) is -0.843. The number of aliphatic hydroxyl groups is 5. The van der Waals surface area contributed by atoms with Gasteiger partial charge >= 0.3 is 0 Å². The molecule has 7 N–H and O–H groups in total. The SMILES string of the molecule is C=C1CC[C@]2(O)[C@]3(C)C[C@@]4(O)O[C@@]2([C@@H]1O)[C@]1(O)[C@@]3(O)[C@H]([C@H](OO)c2ccc[nH]2)[C@](C)(C(C)C)[C@@]14C. The Morgan fingerprint density at radius 2 is 1.83 bits per heavy atom. The highest BCUT2D eigenvalue weighted by molar-refractivity contribution is 5.57. The van der Waals surface area contributed by atoms with E-state index in [1.54, 1.807) is 32.2 Å².